The van der Waals surface area contributed by atoms with Crippen molar-refractivity contribution in [2.75, 3.05) is 0 Å². The minimum absolute atomic E-state index is 0. The first kappa shape index (κ1) is 25.6. The largest absolute Gasteiger partial charge is 0.366 e. The maximum Gasteiger partial charge on any atom is 0.0306 e. The first-order valence-electron chi connectivity index (χ1n) is 8.07. The zero-order valence-corrected chi connectivity index (χ0v) is 22.9. The molecule has 0 aliphatic carbocycles. The van der Waals surface area contributed by atoms with Crippen molar-refractivity contribution in [3.63, 3.8) is 0 Å². The van der Waals surface area contributed by atoms with Gasteiger partial charge in [-0.1, -0.05) is 76.6 Å². The summed E-state index contributed by atoms with van der Waals surface area (Å²) >= 11 is 0. The number of benzene rings is 1. The Bertz CT molecular complexity index is 463. The van der Waals surface area contributed by atoms with Gasteiger partial charge in [-0.15, -0.1) is 17.7 Å². The monoisotopic (exact) mass is 557 g/mol. The van der Waals surface area contributed by atoms with E-state index in [1.165, 1.54) is 5.56 Å². The van der Waals surface area contributed by atoms with E-state index < -0.39 is 22.8 Å². The molecule has 23 heavy (non-hydrogen) atoms. The zero-order chi connectivity index (χ0) is 17.8. The van der Waals surface area contributed by atoms with Crippen LogP contribution in [0.4, 0.5) is 0 Å². The second-order valence-corrected chi connectivity index (χ2v) is 45.9. The molecule has 0 saturated heterocycles. The van der Waals surface area contributed by atoms with Crippen LogP contribution >= 0.6 is 0 Å². The summed E-state index contributed by atoms with van der Waals surface area (Å²) in [7, 11) is -2.47. The van der Waals surface area contributed by atoms with Gasteiger partial charge in [0.05, 0.1) is 0 Å². The Morgan fingerprint density at radius 1 is 0.739 bits per heavy atom. The first-order valence-corrected chi connectivity index (χ1v) is 23.1. The average molecular weight is 558 g/mol. The van der Waals surface area contributed by atoms with Crippen molar-refractivity contribution >= 4 is 30.1 Å². The van der Waals surface area contributed by atoms with E-state index in [0.29, 0.717) is 0 Å². The SMILES string of the molecule is C[Si](C)(C)[Si]([Si](C)(C)C)[Si](C)(C)C.[C-]#Cc1ccc(C)cc1.[Pt]. The molecule has 0 unspecified atom stereocenters. The molecule has 0 aliphatic rings. The van der Waals surface area contributed by atoms with Crippen molar-refractivity contribution in [2.45, 2.75) is 65.8 Å². The Hall–Kier alpha value is 0.336. The second-order valence-electron chi connectivity index (χ2n) is 9.12. The molecule has 5 heteroatoms. The Morgan fingerprint density at radius 3 is 1.22 bits per heavy atom. The molecule has 0 saturated carbocycles. The van der Waals surface area contributed by atoms with E-state index in [4.69, 9.17) is 6.42 Å². The van der Waals surface area contributed by atoms with Crippen molar-refractivity contribution < 1.29 is 21.1 Å². The number of hydrogen-bond acceptors (Lipinski definition) is 0. The number of hydrogen-bond donors (Lipinski definition) is 0. The molecular weight excluding hydrogens is 524 g/mol. The fourth-order valence-electron chi connectivity index (χ4n) is 4.01. The summed E-state index contributed by atoms with van der Waals surface area (Å²) < 4.78 is 0. The fourth-order valence-corrected chi connectivity index (χ4v) is 91.8. The third kappa shape index (κ3) is 10.0. The molecule has 0 aromatic heterocycles. The van der Waals surface area contributed by atoms with Crippen molar-refractivity contribution in [3.8, 4) is 5.92 Å². The van der Waals surface area contributed by atoms with Gasteiger partial charge in [-0.05, 0) is 6.92 Å². The van der Waals surface area contributed by atoms with E-state index in [-0.39, 0.29) is 28.4 Å². The van der Waals surface area contributed by atoms with E-state index in [1.54, 1.807) is 0 Å². The van der Waals surface area contributed by atoms with E-state index in [9.17, 15) is 0 Å². The van der Waals surface area contributed by atoms with Gasteiger partial charge in [0.1, 0.15) is 0 Å². The van der Waals surface area contributed by atoms with E-state index in [2.05, 4.69) is 64.8 Å². The Balaban J connectivity index is 0. The fraction of sp³-hybridized carbons (Fsp3) is 0.556. The smallest absolute Gasteiger partial charge is 0.0306 e. The molecule has 0 amide bonds. The van der Waals surface area contributed by atoms with Crippen LogP contribution in [0.5, 0.6) is 0 Å². The topological polar surface area (TPSA) is 0 Å². The average Bonchev–Trinajstić information content (AvgIpc) is 2.24. The Kier molecular flexibility index (Phi) is 10.8. The third-order valence-electron chi connectivity index (χ3n) is 3.45. The normalized spacial score (nSPS) is 11.9. The predicted molar refractivity (Wildman–Crippen MR) is 113 cm³/mol. The minimum Gasteiger partial charge on any atom is -0.366 e. The maximum atomic E-state index is 6.76. The van der Waals surface area contributed by atoms with Crippen LogP contribution in [0.15, 0.2) is 24.3 Å². The molecule has 133 valence electrons. The van der Waals surface area contributed by atoms with Crippen molar-refractivity contribution in [3.05, 3.63) is 41.8 Å². The van der Waals surface area contributed by atoms with Crippen LogP contribution in [-0.4, -0.2) is 30.1 Å². The minimum atomic E-state index is -0.832. The summed E-state index contributed by atoms with van der Waals surface area (Å²) in [5.41, 5.74) is 2.05. The van der Waals surface area contributed by atoms with Crippen molar-refractivity contribution in [2.24, 2.45) is 0 Å². The van der Waals surface area contributed by atoms with Gasteiger partial charge < -0.3 is 6.42 Å². The molecule has 1 radical (unpaired) electrons. The number of rotatable bonds is 3. The molecular formula is C18H34PtSi4-. The molecule has 0 heterocycles. The molecule has 1 aromatic carbocycles. The van der Waals surface area contributed by atoms with Crippen LogP contribution < -0.4 is 0 Å². The van der Waals surface area contributed by atoms with Gasteiger partial charge >= 0.3 is 0 Å². The van der Waals surface area contributed by atoms with Gasteiger partial charge in [-0.3, -0.25) is 5.92 Å². The summed E-state index contributed by atoms with van der Waals surface area (Å²) in [6.07, 6.45) is 6.76. The van der Waals surface area contributed by atoms with Crippen LogP contribution in [0.3, 0.4) is 0 Å². The summed E-state index contributed by atoms with van der Waals surface area (Å²) in [5, 5.41) is 0. The summed E-state index contributed by atoms with van der Waals surface area (Å²) in [4.78, 5) is 0. The van der Waals surface area contributed by atoms with Crippen LogP contribution in [0.1, 0.15) is 11.1 Å². The second kappa shape index (κ2) is 9.72. The van der Waals surface area contributed by atoms with Crippen molar-refractivity contribution in [1.82, 2.24) is 0 Å². The van der Waals surface area contributed by atoms with Crippen molar-refractivity contribution in [1.29, 1.82) is 0 Å². The summed E-state index contributed by atoms with van der Waals surface area (Å²) in [6.45, 7) is 25.5. The Morgan fingerprint density at radius 2 is 1.04 bits per heavy atom. The Labute approximate surface area is 164 Å². The first-order chi connectivity index (χ1) is 9.69. The molecule has 0 N–H and O–H groups in total. The van der Waals surface area contributed by atoms with E-state index in [0.717, 1.165) is 5.56 Å². The molecule has 0 spiro atoms. The van der Waals surface area contributed by atoms with Crippen LogP contribution in [0.25, 0.3) is 0 Å². The van der Waals surface area contributed by atoms with Gasteiger partial charge in [0.15, 0.2) is 0 Å². The predicted octanol–water partition coefficient (Wildman–Crippen LogP) is 5.66. The van der Waals surface area contributed by atoms with Gasteiger partial charge in [-0.2, -0.15) is 0 Å². The van der Waals surface area contributed by atoms with Crippen LogP contribution in [-0.2, 0) is 21.1 Å². The summed E-state index contributed by atoms with van der Waals surface area (Å²) in [6, 6.07) is 7.69. The standard InChI is InChI=1S/C9H27Si4.C9H7.Pt/c1-11(2,3)10(12(4,5)6)13(7,8)9;1-3-9-6-4-8(2)5-7-9;/h1-9H3;4-7H,2H3;/q;-1;. The van der Waals surface area contributed by atoms with Crippen LogP contribution in [0.2, 0.25) is 58.9 Å². The molecule has 0 fully saturated rings. The molecule has 1 rings (SSSR count). The van der Waals surface area contributed by atoms with Gasteiger partial charge in [0.2, 0.25) is 0 Å². The van der Waals surface area contributed by atoms with E-state index >= 15 is 0 Å². The van der Waals surface area contributed by atoms with Crippen LogP contribution in [0, 0.1) is 19.3 Å². The third-order valence-corrected chi connectivity index (χ3v) is 61.9. The van der Waals surface area contributed by atoms with Gasteiger partial charge in [0.25, 0.3) is 0 Å². The number of aryl methyl sites for hydroxylation is 1. The summed E-state index contributed by atoms with van der Waals surface area (Å²) in [5.74, 6) is 2.30. The molecule has 0 bridgehead atoms. The maximum absolute atomic E-state index is 6.76. The molecule has 0 aliphatic heterocycles. The molecule has 0 nitrogen and oxygen atoms in total. The van der Waals surface area contributed by atoms with E-state index in [1.807, 2.05) is 31.2 Å². The quantitative estimate of drug-likeness (QED) is 0.256. The van der Waals surface area contributed by atoms with Gasteiger partial charge in [-0.25, -0.2) is 0 Å². The van der Waals surface area contributed by atoms with Gasteiger partial charge in [0, 0.05) is 51.2 Å². The zero-order valence-electron chi connectivity index (χ0n) is 16.6. The molecule has 1 aromatic rings. The molecule has 0 atom stereocenters.